The van der Waals surface area contributed by atoms with Crippen LogP contribution in [0.2, 0.25) is 5.02 Å². The van der Waals surface area contributed by atoms with Crippen LogP contribution in [0.1, 0.15) is 55.8 Å². The van der Waals surface area contributed by atoms with Crippen LogP contribution in [0.4, 0.5) is 5.69 Å². The minimum absolute atomic E-state index is 0.0744. The van der Waals surface area contributed by atoms with Crippen LogP contribution in [-0.2, 0) is 4.79 Å². The molecule has 1 aliphatic heterocycles. The van der Waals surface area contributed by atoms with E-state index in [0.29, 0.717) is 35.2 Å². The molecule has 5 heteroatoms. The molecule has 2 aliphatic rings. The molecule has 1 saturated carbocycles. The molecule has 1 N–H and O–H groups in total. The zero-order valence-corrected chi connectivity index (χ0v) is 14.2. The Morgan fingerprint density at radius 3 is 2.74 bits per heavy atom. The Hall–Kier alpha value is -1.55. The third-order valence-electron chi connectivity index (χ3n) is 5.00. The molecular weight excluding hydrogens is 312 g/mol. The second kappa shape index (κ2) is 6.91. The Morgan fingerprint density at radius 1 is 1.26 bits per heavy atom. The molecule has 2 amide bonds. The van der Waals surface area contributed by atoms with E-state index in [1.54, 1.807) is 23.1 Å². The van der Waals surface area contributed by atoms with Gasteiger partial charge in [-0.1, -0.05) is 31.4 Å². The average molecular weight is 335 g/mol. The molecule has 2 fully saturated rings. The molecule has 0 radical (unpaired) electrons. The average Bonchev–Trinajstić information content (AvgIpc) is 2.96. The fourth-order valence-electron chi connectivity index (χ4n) is 3.55. The van der Waals surface area contributed by atoms with E-state index in [0.717, 1.165) is 12.8 Å². The van der Waals surface area contributed by atoms with E-state index in [2.05, 4.69) is 12.2 Å². The summed E-state index contributed by atoms with van der Waals surface area (Å²) in [5.74, 6) is 0.512. The molecule has 1 aliphatic carbocycles. The van der Waals surface area contributed by atoms with Crippen molar-refractivity contribution in [3.8, 4) is 0 Å². The van der Waals surface area contributed by atoms with Crippen LogP contribution in [0.5, 0.6) is 0 Å². The maximum absolute atomic E-state index is 12.6. The summed E-state index contributed by atoms with van der Waals surface area (Å²) in [5.41, 5.74) is 1.22. The topological polar surface area (TPSA) is 49.4 Å². The first kappa shape index (κ1) is 16.3. The molecule has 3 rings (SSSR count). The minimum atomic E-state index is -0.0756. The van der Waals surface area contributed by atoms with Gasteiger partial charge in [0, 0.05) is 24.6 Å². The van der Waals surface area contributed by atoms with Crippen molar-refractivity contribution in [2.45, 2.75) is 51.5 Å². The van der Waals surface area contributed by atoms with Crippen molar-refractivity contribution >= 4 is 29.1 Å². The van der Waals surface area contributed by atoms with Crippen molar-refractivity contribution in [2.75, 3.05) is 11.4 Å². The van der Waals surface area contributed by atoms with Gasteiger partial charge in [0.05, 0.1) is 10.7 Å². The number of anilines is 1. The lowest BCUT2D eigenvalue weighted by Crippen LogP contribution is -2.41. The van der Waals surface area contributed by atoms with Crippen LogP contribution in [-0.4, -0.2) is 24.4 Å². The first-order valence-electron chi connectivity index (χ1n) is 8.47. The second-order valence-corrected chi connectivity index (χ2v) is 7.06. The number of amides is 2. The second-order valence-electron chi connectivity index (χ2n) is 6.66. The normalized spacial score (nSPS) is 24.8. The molecule has 1 aromatic rings. The van der Waals surface area contributed by atoms with Crippen LogP contribution >= 0.6 is 11.6 Å². The third-order valence-corrected chi connectivity index (χ3v) is 5.32. The Kier molecular flexibility index (Phi) is 4.90. The van der Waals surface area contributed by atoms with Gasteiger partial charge in [-0.15, -0.1) is 0 Å². The number of hydrogen-bond donors (Lipinski definition) is 1. The van der Waals surface area contributed by atoms with Crippen molar-refractivity contribution in [3.63, 3.8) is 0 Å². The van der Waals surface area contributed by atoms with E-state index in [9.17, 15) is 9.59 Å². The van der Waals surface area contributed by atoms with E-state index >= 15 is 0 Å². The highest BCUT2D eigenvalue weighted by atomic mass is 35.5. The zero-order valence-electron chi connectivity index (χ0n) is 13.5. The van der Waals surface area contributed by atoms with Crippen molar-refractivity contribution < 1.29 is 9.59 Å². The van der Waals surface area contributed by atoms with E-state index < -0.39 is 0 Å². The highest BCUT2D eigenvalue weighted by Gasteiger charge is 2.26. The largest absolute Gasteiger partial charge is 0.349 e. The molecule has 0 spiro atoms. The molecule has 124 valence electrons. The maximum atomic E-state index is 12.6. The quantitative estimate of drug-likeness (QED) is 0.914. The molecule has 1 heterocycles. The number of nitrogens with zero attached hydrogens (tertiary/aromatic N) is 1. The van der Waals surface area contributed by atoms with E-state index in [1.807, 2.05) is 0 Å². The van der Waals surface area contributed by atoms with Crippen molar-refractivity contribution in [1.82, 2.24) is 5.32 Å². The molecule has 0 aromatic heterocycles. The predicted octanol–water partition coefficient (Wildman–Crippen LogP) is 3.78. The van der Waals surface area contributed by atoms with Crippen LogP contribution in [0.15, 0.2) is 18.2 Å². The van der Waals surface area contributed by atoms with Gasteiger partial charge >= 0.3 is 0 Å². The molecule has 1 aromatic carbocycles. The number of hydrogen-bond acceptors (Lipinski definition) is 2. The predicted molar refractivity (Wildman–Crippen MR) is 91.9 cm³/mol. The summed E-state index contributed by atoms with van der Waals surface area (Å²) in [5, 5.41) is 3.66. The van der Waals surface area contributed by atoms with Gasteiger partial charge in [0.15, 0.2) is 0 Å². The minimum Gasteiger partial charge on any atom is -0.349 e. The number of halogens is 1. The molecular formula is C18H23ClN2O2. The van der Waals surface area contributed by atoms with Gasteiger partial charge in [-0.2, -0.15) is 0 Å². The lowest BCUT2D eigenvalue weighted by Gasteiger charge is -2.29. The summed E-state index contributed by atoms with van der Waals surface area (Å²) >= 11 is 6.24. The van der Waals surface area contributed by atoms with Gasteiger partial charge in [-0.05, 0) is 43.4 Å². The number of nitrogens with one attached hydrogen (secondary N) is 1. The van der Waals surface area contributed by atoms with Gasteiger partial charge in [-0.3, -0.25) is 9.59 Å². The van der Waals surface area contributed by atoms with Crippen molar-refractivity contribution in [3.05, 3.63) is 28.8 Å². The first-order valence-corrected chi connectivity index (χ1v) is 8.85. The lowest BCUT2D eigenvalue weighted by atomic mass is 9.86. The number of benzene rings is 1. The first-order chi connectivity index (χ1) is 11.1. The number of rotatable bonds is 3. The van der Waals surface area contributed by atoms with Crippen LogP contribution < -0.4 is 10.2 Å². The summed E-state index contributed by atoms with van der Waals surface area (Å²) in [6.45, 7) is 2.86. The molecule has 1 saturated heterocycles. The van der Waals surface area contributed by atoms with Crippen LogP contribution in [0.25, 0.3) is 0 Å². The number of carbonyl (C=O) groups is 2. The van der Waals surface area contributed by atoms with Crippen molar-refractivity contribution in [1.29, 1.82) is 0 Å². The Balaban J connectivity index is 1.77. The Bertz CT molecular complexity index is 617. The summed E-state index contributed by atoms with van der Waals surface area (Å²) in [6.07, 6.45) is 6.01. The summed E-state index contributed by atoms with van der Waals surface area (Å²) < 4.78 is 0. The van der Waals surface area contributed by atoms with Gasteiger partial charge in [0.2, 0.25) is 5.91 Å². The standard InChI is InChI=1S/C18H23ClN2O2/c1-12-5-2-3-6-15(12)20-18(23)13-8-9-14(19)16(11-13)21-10-4-7-17(21)22/h8-9,11-12,15H,2-7,10H2,1H3,(H,20,23). The highest BCUT2D eigenvalue weighted by molar-refractivity contribution is 6.34. The van der Waals surface area contributed by atoms with Gasteiger partial charge < -0.3 is 10.2 Å². The zero-order chi connectivity index (χ0) is 16.4. The Labute approximate surface area is 142 Å². The number of carbonyl (C=O) groups excluding carboxylic acids is 2. The molecule has 4 nitrogen and oxygen atoms in total. The van der Waals surface area contributed by atoms with Crippen LogP contribution in [0, 0.1) is 5.92 Å². The third kappa shape index (κ3) is 3.52. The molecule has 0 bridgehead atoms. The van der Waals surface area contributed by atoms with E-state index in [-0.39, 0.29) is 17.9 Å². The molecule has 2 atom stereocenters. The van der Waals surface area contributed by atoms with Gasteiger partial charge in [-0.25, -0.2) is 0 Å². The van der Waals surface area contributed by atoms with Gasteiger partial charge in [0.25, 0.3) is 5.91 Å². The smallest absolute Gasteiger partial charge is 0.251 e. The summed E-state index contributed by atoms with van der Waals surface area (Å²) in [4.78, 5) is 26.2. The maximum Gasteiger partial charge on any atom is 0.251 e. The van der Waals surface area contributed by atoms with E-state index in [4.69, 9.17) is 11.6 Å². The molecule has 23 heavy (non-hydrogen) atoms. The summed E-state index contributed by atoms with van der Waals surface area (Å²) in [7, 11) is 0. The van der Waals surface area contributed by atoms with E-state index in [1.165, 1.54) is 19.3 Å². The lowest BCUT2D eigenvalue weighted by molar-refractivity contribution is -0.117. The fourth-order valence-corrected chi connectivity index (χ4v) is 3.77. The van der Waals surface area contributed by atoms with Crippen LogP contribution in [0.3, 0.4) is 0 Å². The monoisotopic (exact) mass is 334 g/mol. The molecule has 2 unspecified atom stereocenters. The highest BCUT2D eigenvalue weighted by Crippen LogP contribution is 2.31. The SMILES string of the molecule is CC1CCCCC1NC(=O)c1ccc(Cl)c(N2CCCC2=O)c1. The van der Waals surface area contributed by atoms with Crippen molar-refractivity contribution in [2.24, 2.45) is 5.92 Å². The summed E-state index contributed by atoms with van der Waals surface area (Å²) in [6, 6.07) is 5.43. The Morgan fingerprint density at radius 2 is 2.04 bits per heavy atom. The fraction of sp³-hybridized carbons (Fsp3) is 0.556. The van der Waals surface area contributed by atoms with Gasteiger partial charge in [0.1, 0.15) is 0 Å².